The minimum Gasteiger partial charge on any atom is -0.366 e. The lowest BCUT2D eigenvalue weighted by atomic mass is 9.90. The zero-order valence-corrected chi connectivity index (χ0v) is 11.5. The number of benzene rings is 1. The largest absolute Gasteiger partial charge is 0.366 e. The second-order valence-electron chi connectivity index (χ2n) is 5.67. The Morgan fingerprint density at radius 2 is 1.81 bits per heavy atom. The molecule has 1 aromatic carbocycles. The molecular weight excluding hydrogens is 270 g/mol. The van der Waals surface area contributed by atoms with Crippen LogP contribution in [0.3, 0.4) is 0 Å². The van der Waals surface area contributed by atoms with Gasteiger partial charge in [-0.15, -0.1) is 0 Å². The van der Waals surface area contributed by atoms with Crippen LogP contribution in [-0.4, -0.2) is 29.7 Å². The first-order valence-corrected chi connectivity index (χ1v) is 7.06. The van der Waals surface area contributed by atoms with Crippen LogP contribution in [0.5, 0.6) is 0 Å². The van der Waals surface area contributed by atoms with Gasteiger partial charge in [-0.2, -0.15) is 0 Å². The minimum atomic E-state index is -0.611. The molecule has 0 bridgehead atoms. The molecule has 0 aromatic heterocycles. The van der Waals surface area contributed by atoms with Gasteiger partial charge in [0.1, 0.15) is 0 Å². The number of primary amides is 1. The predicted molar refractivity (Wildman–Crippen MR) is 77.0 cm³/mol. The summed E-state index contributed by atoms with van der Waals surface area (Å²) in [4.78, 5) is 37.1. The molecule has 110 valence electrons. The Balaban J connectivity index is 1.96. The Labute approximate surface area is 122 Å². The third kappa shape index (κ3) is 2.21. The molecule has 1 aliphatic heterocycles. The van der Waals surface area contributed by atoms with E-state index in [1.807, 2.05) is 0 Å². The summed E-state index contributed by atoms with van der Waals surface area (Å²) >= 11 is 0. The maximum absolute atomic E-state index is 12.3. The van der Waals surface area contributed by atoms with E-state index in [1.165, 1.54) is 6.07 Å². The average molecular weight is 287 g/mol. The molecule has 6 heteroatoms. The number of hydrogen-bond donors (Lipinski definition) is 2. The van der Waals surface area contributed by atoms with E-state index in [2.05, 4.69) is 0 Å². The molecule has 1 aromatic rings. The molecule has 2 amide bonds. The van der Waals surface area contributed by atoms with Crippen molar-refractivity contribution in [1.29, 1.82) is 0 Å². The van der Waals surface area contributed by atoms with Crippen molar-refractivity contribution in [2.24, 2.45) is 11.5 Å². The van der Waals surface area contributed by atoms with Crippen molar-refractivity contribution < 1.29 is 14.4 Å². The molecule has 21 heavy (non-hydrogen) atoms. The molecular formula is C15H17N3O3. The van der Waals surface area contributed by atoms with Gasteiger partial charge in [-0.05, 0) is 43.9 Å². The van der Waals surface area contributed by atoms with Gasteiger partial charge in [-0.25, -0.2) is 0 Å². The normalized spacial score (nSPS) is 25.1. The monoisotopic (exact) mass is 287 g/mol. The number of rotatable bonds is 2. The maximum atomic E-state index is 12.3. The zero-order chi connectivity index (χ0) is 15.1. The first-order chi connectivity index (χ1) is 9.99. The van der Waals surface area contributed by atoms with Gasteiger partial charge >= 0.3 is 0 Å². The van der Waals surface area contributed by atoms with Crippen molar-refractivity contribution in [1.82, 2.24) is 0 Å². The topological polar surface area (TPSA) is 106 Å². The maximum Gasteiger partial charge on any atom is 0.299 e. The van der Waals surface area contributed by atoms with E-state index in [9.17, 15) is 14.4 Å². The summed E-state index contributed by atoms with van der Waals surface area (Å²) < 4.78 is 0. The number of Topliss-reactive ketones (excluding diaryl/α,β-unsaturated/α-hetero) is 1. The molecule has 2 aliphatic rings. The number of fused-ring (bicyclic) bond motifs is 1. The lowest BCUT2D eigenvalue weighted by molar-refractivity contribution is -0.114. The summed E-state index contributed by atoms with van der Waals surface area (Å²) in [6.07, 6.45) is 3.27. The number of carbonyl (C=O) groups is 3. The average Bonchev–Trinajstić information content (AvgIpc) is 2.72. The first kappa shape index (κ1) is 13.8. The van der Waals surface area contributed by atoms with Gasteiger partial charge in [0.2, 0.25) is 5.91 Å². The summed E-state index contributed by atoms with van der Waals surface area (Å²) in [5.74, 6) is -1.70. The highest BCUT2D eigenvalue weighted by Gasteiger charge is 2.40. The quantitative estimate of drug-likeness (QED) is 0.776. The molecule has 0 saturated heterocycles. The van der Waals surface area contributed by atoms with Crippen molar-refractivity contribution in [3.05, 3.63) is 29.3 Å². The number of nitrogens with zero attached hydrogens (tertiary/aromatic N) is 1. The third-order valence-corrected chi connectivity index (χ3v) is 4.30. The molecule has 4 N–H and O–H groups in total. The van der Waals surface area contributed by atoms with Gasteiger partial charge in [0.15, 0.2) is 0 Å². The second kappa shape index (κ2) is 4.96. The highest BCUT2D eigenvalue weighted by molar-refractivity contribution is 6.52. The van der Waals surface area contributed by atoms with Crippen LogP contribution in [0.1, 0.15) is 46.4 Å². The minimum absolute atomic E-state index is 0.00179. The standard InChI is InChI=1S/C15H17N3O3/c16-9-2-4-10(5-3-9)18-12-6-1-8(14(17)20)7-11(12)13(19)15(18)21/h1,6-7,9-10H,2-5,16H2,(H2,17,20). The summed E-state index contributed by atoms with van der Waals surface area (Å²) in [7, 11) is 0. The van der Waals surface area contributed by atoms with Gasteiger partial charge in [-0.1, -0.05) is 0 Å². The lowest BCUT2D eigenvalue weighted by Gasteiger charge is -2.33. The van der Waals surface area contributed by atoms with Crippen LogP contribution in [0.2, 0.25) is 0 Å². The van der Waals surface area contributed by atoms with Crippen LogP contribution in [-0.2, 0) is 4.79 Å². The Bertz CT molecular complexity index is 633. The molecule has 0 radical (unpaired) electrons. The second-order valence-corrected chi connectivity index (χ2v) is 5.67. The van der Waals surface area contributed by atoms with Crippen molar-refractivity contribution in [2.45, 2.75) is 37.8 Å². The Kier molecular flexibility index (Phi) is 3.25. The molecule has 0 spiro atoms. The fraction of sp³-hybridized carbons (Fsp3) is 0.400. The van der Waals surface area contributed by atoms with Crippen LogP contribution >= 0.6 is 0 Å². The smallest absolute Gasteiger partial charge is 0.299 e. The van der Waals surface area contributed by atoms with Gasteiger partial charge in [0.25, 0.3) is 11.7 Å². The highest BCUT2D eigenvalue weighted by atomic mass is 16.2. The van der Waals surface area contributed by atoms with Gasteiger partial charge in [0, 0.05) is 17.6 Å². The van der Waals surface area contributed by atoms with Crippen molar-refractivity contribution >= 4 is 23.3 Å². The van der Waals surface area contributed by atoms with Crippen LogP contribution in [0.25, 0.3) is 0 Å². The van der Waals surface area contributed by atoms with E-state index in [0.717, 1.165) is 25.7 Å². The fourth-order valence-electron chi connectivity index (χ4n) is 3.14. The van der Waals surface area contributed by atoms with Crippen molar-refractivity contribution in [3.63, 3.8) is 0 Å². The summed E-state index contributed by atoms with van der Waals surface area (Å²) in [5.41, 5.74) is 12.2. The van der Waals surface area contributed by atoms with E-state index < -0.39 is 17.6 Å². The summed E-state index contributed by atoms with van der Waals surface area (Å²) in [5, 5.41) is 0. The van der Waals surface area contributed by atoms with Crippen molar-refractivity contribution in [3.8, 4) is 0 Å². The lowest BCUT2D eigenvalue weighted by Crippen LogP contribution is -2.43. The number of carbonyl (C=O) groups excluding carboxylic acids is 3. The summed E-state index contributed by atoms with van der Waals surface area (Å²) in [6.45, 7) is 0. The Morgan fingerprint density at radius 1 is 1.14 bits per heavy atom. The molecule has 3 rings (SSSR count). The van der Waals surface area contributed by atoms with Gasteiger partial charge in [-0.3, -0.25) is 14.4 Å². The SMILES string of the molecule is NC(=O)c1ccc2c(c1)C(=O)C(=O)N2C1CCC(N)CC1. The summed E-state index contributed by atoms with van der Waals surface area (Å²) in [6, 6.07) is 4.77. The Morgan fingerprint density at radius 3 is 2.43 bits per heavy atom. The molecule has 0 unspecified atom stereocenters. The van der Waals surface area contributed by atoms with Crippen LogP contribution in [0, 0.1) is 0 Å². The predicted octanol–water partition coefficient (Wildman–Crippen LogP) is 0.585. The fourth-order valence-corrected chi connectivity index (χ4v) is 3.14. The molecule has 1 aliphatic carbocycles. The third-order valence-electron chi connectivity index (χ3n) is 4.30. The number of amides is 2. The van der Waals surface area contributed by atoms with Crippen LogP contribution in [0.15, 0.2) is 18.2 Å². The number of hydrogen-bond acceptors (Lipinski definition) is 4. The number of ketones is 1. The molecule has 0 atom stereocenters. The van der Waals surface area contributed by atoms with E-state index in [-0.39, 0.29) is 23.2 Å². The van der Waals surface area contributed by atoms with E-state index >= 15 is 0 Å². The van der Waals surface area contributed by atoms with Crippen molar-refractivity contribution in [2.75, 3.05) is 4.90 Å². The van der Waals surface area contributed by atoms with E-state index in [4.69, 9.17) is 11.5 Å². The van der Waals surface area contributed by atoms with Gasteiger partial charge in [0.05, 0.1) is 11.3 Å². The number of anilines is 1. The first-order valence-electron chi connectivity index (χ1n) is 7.06. The molecule has 6 nitrogen and oxygen atoms in total. The molecule has 1 heterocycles. The van der Waals surface area contributed by atoms with Crippen LogP contribution in [0.4, 0.5) is 5.69 Å². The highest BCUT2D eigenvalue weighted by Crippen LogP contribution is 2.35. The molecule has 1 saturated carbocycles. The van der Waals surface area contributed by atoms with E-state index in [0.29, 0.717) is 5.69 Å². The zero-order valence-electron chi connectivity index (χ0n) is 11.5. The van der Waals surface area contributed by atoms with E-state index in [1.54, 1.807) is 17.0 Å². The van der Waals surface area contributed by atoms with Gasteiger partial charge < -0.3 is 16.4 Å². The Hall–Kier alpha value is -2.21. The van der Waals surface area contributed by atoms with Crippen LogP contribution < -0.4 is 16.4 Å². The number of nitrogens with two attached hydrogens (primary N) is 2. The molecule has 1 fully saturated rings.